The number of fused-ring (bicyclic) bond motifs is 11. The van der Waals surface area contributed by atoms with Crippen molar-refractivity contribution in [1.29, 1.82) is 0 Å². The standard InChI is InChI=1S/C34H19NO/c1-2-8-22-20(7-1)13-18-31-32(22)27-19-21(14-17-30(27)36-31)23-15-16-25-24-9-3-5-11-28(24)35-29-12-6-4-10-26(29)33(23)34(25)35/h1-19H. The van der Waals surface area contributed by atoms with Gasteiger partial charge in [0.05, 0.1) is 16.6 Å². The molecule has 0 radical (unpaired) electrons. The van der Waals surface area contributed by atoms with Crippen LogP contribution in [0, 0.1) is 0 Å². The summed E-state index contributed by atoms with van der Waals surface area (Å²) in [6, 6.07) is 41.6. The van der Waals surface area contributed by atoms with Gasteiger partial charge < -0.3 is 8.82 Å². The lowest BCUT2D eigenvalue weighted by Gasteiger charge is -2.06. The first-order valence-corrected chi connectivity index (χ1v) is 12.4. The fraction of sp³-hybridized carbons (Fsp3) is 0. The van der Waals surface area contributed by atoms with Crippen LogP contribution < -0.4 is 0 Å². The molecule has 3 aromatic heterocycles. The van der Waals surface area contributed by atoms with Crippen molar-refractivity contribution in [1.82, 2.24) is 4.40 Å². The van der Waals surface area contributed by atoms with E-state index in [2.05, 4.69) is 120 Å². The summed E-state index contributed by atoms with van der Waals surface area (Å²) in [5.41, 5.74) is 8.16. The van der Waals surface area contributed by atoms with Crippen LogP contribution in [0.2, 0.25) is 0 Å². The molecule has 2 heteroatoms. The quantitative estimate of drug-likeness (QED) is 0.240. The molecule has 0 atom stereocenters. The van der Waals surface area contributed by atoms with Crippen molar-refractivity contribution in [2.24, 2.45) is 0 Å². The van der Waals surface area contributed by atoms with Crippen LogP contribution in [-0.4, -0.2) is 4.40 Å². The first kappa shape index (κ1) is 18.5. The predicted octanol–water partition coefficient (Wildman–Crippen LogP) is 9.56. The SMILES string of the molecule is c1ccc2c(c1)ccc1oc3ccc(-c4ccc5c6ccccc6n6c7ccccc7c4c56)cc3c12. The van der Waals surface area contributed by atoms with Crippen LogP contribution in [0.1, 0.15) is 0 Å². The molecule has 0 aliphatic carbocycles. The van der Waals surface area contributed by atoms with Crippen molar-refractivity contribution in [2.75, 3.05) is 0 Å². The minimum absolute atomic E-state index is 0.928. The van der Waals surface area contributed by atoms with Crippen LogP contribution in [0.5, 0.6) is 0 Å². The molecule has 36 heavy (non-hydrogen) atoms. The topological polar surface area (TPSA) is 17.6 Å². The predicted molar refractivity (Wildman–Crippen MR) is 151 cm³/mol. The van der Waals surface area contributed by atoms with Gasteiger partial charge in [0.1, 0.15) is 11.2 Å². The lowest BCUT2D eigenvalue weighted by molar-refractivity contribution is 0.669. The number of rotatable bonds is 1. The van der Waals surface area contributed by atoms with Crippen molar-refractivity contribution in [3.05, 3.63) is 115 Å². The van der Waals surface area contributed by atoms with E-state index < -0.39 is 0 Å². The minimum Gasteiger partial charge on any atom is -0.456 e. The Labute approximate surface area is 205 Å². The van der Waals surface area contributed by atoms with Crippen LogP contribution >= 0.6 is 0 Å². The molecule has 9 aromatic rings. The molecule has 0 bridgehead atoms. The molecule has 2 nitrogen and oxygen atoms in total. The number of hydrogen-bond acceptors (Lipinski definition) is 1. The Hall–Kier alpha value is -4.82. The van der Waals surface area contributed by atoms with E-state index in [1.165, 1.54) is 70.8 Å². The highest BCUT2D eigenvalue weighted by Crippen LogP contribution is 2.44. The molecule has 0 saturated carbocycles. The number of nitrogens with zero attached hydrogens (tertiary/aromatic N) is 1. The molecule has 0 fully saturated rings. The van der Waals surface area contributed by atoms with Crippen molar-refractivity contribution in [2.45, 2.75) is 0 Å². The van der Waals surface area contributed by atoms with Gasteiger partial charge in [0, 0.05) is 32.3 Å². The summed E-state index contributed by atoms with van der Waals surface area (Å²) < 4.78 is 8.72. The van der Waals surface area contributed by atoms with E-state index in [0.29, 0.717) is 0 Å². The molecule has 0 N–H and O–H groups in total. The first-order chi connectivity index (χ1) is 17.9. The summed E-state index contributed by atoms with van der Waals surface area (Å²) in [6.07, 6.45) is 0. The summed E-state index contributed by atoms with van der Waals surface area (Å²) >= 11 is 0. The average molecular weight is 458 g/mol. The van der Waals surface area contributed by atoms with Gasteiger partial charge in [-0.1, -0.05) is 84.9 Å². The van der Waals surface area contributed by atoms with Gasteiger partial charge in [-0.3, -0.25) is 0 Å². The largest absolute Gasteiger partial charge is 0.456 e. The number of hydrogen-bond donors (Lipinski definition) is 0. The molecule has 0 aliphatic rings. The van der Waals surface area contributed by atoms with E-state index in [1.807, 2.05) is 0 Å². The minimum atomic E-state index is 0.928. The van der Waals surface area contributed by atoms with Gasteiger partial charge >= 0.3 is 0 Å². The van der Waals surface area contributed by atoms with Crippen LogP contribution in [0.25, 0.3) is 81.9 Å². The smallest absolute Gasteiger partial charge is 0.136 e. The number of furan rings is 1. The highest BCUT2D eigenvalue weighted by atomic mass is 16.3. The Morgan fingerprint density at radius 3 is 2.08 bits per heavy atom. The highest BCUT2D eigenvalue weighted by Gasteiger charge is 2.20. The second-order valence-corrected chi connectivity index (χ2v) is 9.73. The van der Waals surface area contributed by atoms with E-state index in [0.717, 1.165) is 11.2 Å². The summed E-state index contributed by atoms with van der Waals surface area (Å²) in [5, 5.41) is 10.0. The van der Waals surface area contributed by atoms with Crippen LogP contribution in [0.15, 0.2) is 120 Å². The second kappa shape index (κ2) is 6.44. The van der Waals surface area contributed by atoms with Crippen molar-refractivity contribution < 1.29 is 4.42 Å². The molecule has 0 aliphatic heterocycles. The molecular formula is C34H19NO. The summed E-state index contributed by atoms with van der Waals surface area (Å²) in [7, 11) is 0. The average Bonchev–Trinajstić information content (AvgIpc) is 3.59. The molecule has 0 saturated heterocycles. The van der Waals surface area contributed by atoms with E-state index in [-0.39, 0.29) is 0 Å². The van der Waals surface area contributed by atoms with Gasteiger partial charge in [0.2, 0.25) is 0 Å². The van der Waals surface area contributed by atoms with Crippen molar-refractivity contribution in [3.8, 4) is 11.1 Å². The zero-order chi connectivity index (χ0) is 23.4. The van der Waals surface area contributed by atoms with Gasteiger partial charge in [-0.15, -0.1) is 0 Å². The second-order valence-electron chi connectivity index (χ2n) is 9.73. The molecule has 166 valence electrons. The molecule has 9 rings (SSSR count). The van der Waals surface area contributed by atoms with Crippen molar-refractivity contribution in [3.63, 3.8) is 0 Å². The zero-order valence-electron chi connectivity index (χ0n) is 19.3. The van der Waals surface area contributed by atoms with Gasteiger partial charge in [-0.25, -0.2) is 0 Å². The van der Waals surface area contributed by atoms with Crippen LogP contribution in [-0.2, 0) is 0 Å². The van der Waals surface area contributed by atoms with E-state index in [9.17, 15) is 0 Å². The lowest BCUT2D eigenvalue weighted by Crippen LogP contribution is -1.81. The molecule has 6 aromatic carbocycles. The maximum absolute atomic E-state index is 6.28. The number of para-hydroxylation sites is 2. The molecule has 0 amide bonds. The van der Waals surface area contributed by atoms with Crippen molar-refractivity contribution >= 4 is 70.8 Å². The Morgan fingerprint density at radius 2 is 1.19 bits per heavy atom. The Bertz CT molecular complexity index is 2310. The van der Waals surface area contributed by atoms with E-state index in [4.69, 9.17) is 4.42 Å². The molecule has 3 heterocycles. The third-order valence-corrected chi connectivity index (χ3v) is 7.92. The number of aromatic nitrogens is 1. The van der Waals surface area contributed by atoms with E-state index in [1.54, 1.807) is 0 Å². The highest BCUT2D eigenvalue weighted by molar-refractivity contribution is 6.27. The third-order valence-electron chi connectivity index (χ3n) is 7.92. The molecule has 0 spiro atoms. The van der Waals surface area contributed by atoms with Gasteiger partial charge in [0.15, 0.2) is 0 Å². The Kier molecular flexibility index (Phi) is 3.31. The zero-order valence-corrected chi connectivity index (χ0v) is 19.3. The lowest BCUT2D eigenvalue weighted by atomic mass is 9.95. The maximum Gasteiger partial charge on any atom is 0.136 e. The maximum atomic E-state index is 6.28. The molecular weight excluding hydrogens is 438 g/mol. The normalized spacial score (nSPS) is 12.4. The fourth-order valence-corrected chi connectivity index (χ4v) is 6.42. The van der Waals surface area contributed by atoms with Gasteiger partial charge in [-0.2, -0.15) is 0 Å². The number of benzene rings is 6. The van der Waals surface area contributed by atoms with Gasteiger partial charge in [0.25, 0.3) is 0 Å². The van der Waals surface area contributed by atoms with Crippen LogP contribution in [0.3, 0.4) is 0 Å². The summed E-state index contributed by atoms with van der Waals surface area (Å²) in [4.78, 5) is 0. The molecule has 0 unspecified atom stereocenters. The monoisotopic (exact) mass is 457 g/mol. The fourth-order valence-electron chi connectivity index (χ4n) is 6.42. The Morgan fingerprint density at radius 1 is 0.472 bits per heavy atom. The van der Waals surface area contributed by atoms with Crippen LogP contribution in [0.4, 0.5) is 0 Å². The van der Waals surface area contributed by atoms with Gasteiger partial charge in [-0.05, 0) is 52.2 Å². The third kappa shape index (κ3) is 2.18. The van der Waals surface area contributed by atoms with E-state index >= 15 is 0 Å². The first-order valence-electron chi connectivity index (χ1n) is 12.4. The summed E-state index contributed by atoms with van der Waals surface area (Å²) in [6.45, 7) is 0. The Balaban J connectivity index is 1.44. The summed E-state index contributed by atoms with van der Waals surface area (Å²) in [5.74, 6) is 0.